The van der Waals surface area contributed by atoms with Gasteiger partial charge in [-0.2, -0.15) is 0 Å². The first-order valence-electron chi connectivity index (χ1n) is 6.74. The molecule has 0 spiro atoms. The molecule has 3 rings (SSSR count). The van der Waals surface area contributed by atoms with Crippen molar-refractivity contribution in [3.05, 3.63) is 23.8 Å². The minimum absolute atomic E-state index is 0.00269. The molecule has 2 unspecified atom stereocenters. The molecule has 0 aromatic rings. The van der Waals surface area contributed by atoms with Gasteiger partial charge >= 0.3 is 0 Å². The maximum Gasteiger partial charge on any atom is 0.164 e. The summed E-state index contributed by atoms with van der Waals surface area (Å²) in [5.74, 6) is 0.294. The molecule has 0 N–H and O–H groups in total. The lowest BCUT2D eigenvalue weighted by Crippen LogP contribution is -2.30. The number of carbonyl (C=O) groups is 1. The highest BCUT2D eigenvalue weighted by Crippen LogP contribution is 2.43. The van der Waals surface area contributed by atoms with Crippen LogP contribution in [0.25, 0.3) is 0 Å². The summed E-state index contributed by atoms with van der Waals surface area (Å²) in [7, 11) is 0. The molecule has 0 radical (unpaired) electrons. The molecule has 0 aromatic heterocycles. The van der Waals surface area contributed by atoms with Gasteiger partial charge in [0.25, 0.3) is 0 Å². The lowest BCUT2D eigenvalue weighted by atomic mass is 9.83. The van der Waals surface area contributed by atoms with Gasteiger partial charge in [-0.05, 0) is 31.8 Å². The topological polar surface area (TPSA) is 35.5 Å². The van der Waals surface area contributed by atoms with Crippen molar-refractivity contribution in [2.45, 2.75) is 51.6 Å². The molecule has 1 saturated heterocycles. The Hall–Kier alpha value is -0.930. The van der Waals surface area contributed by atoms with Crippen LogP contribution in [-0.4, -0.2) is 23.8 Å². The molecule has 0 aromatic carbocycles. The minimum Gasteiger partial charge on any atom is -0.340 e. The Labute approximate surface area is 108 Å². The van der Waals surface area contributed by atoms with Crippen LogP contribution < -0.4 is 0 Å². The third kappa shape index (κ3) is 1.86. The van der Waals surface area contributed by atoms with Gasteiger partial charge in [-0.3, -0.25) is 4.79 Å². The Morgan fingerprint density at radius 2 is 2.11 bits per heavy atom. The van der Waals surface area contributed by atoms with Crippen molar-refractivity contribution in [3.63, 3.8) is 0 Å². The van der Waals surface area contributed by atoms with E-state index in [1.807, 2.05) is 32.9 Å². The van der Waals surface area contributed by atoms with E-state index >= 15 is 0 Å². The summed E-state index contributed by atoms with van der Waals surface area (Å²) in [4.78, 5) is 11.7. The molecule has 1 heterocycles. The van der Waals surface area contributed by atoms with Crippen LogP contribution in [0.1, 0.15) is 33.6 Å². The third-order valence-corrected chi connectivity index (χ3v) is 4.29. The number of rotatable bonds is 1. The van der Waals surface area contributed by atoms with Gasteiger partial charge in [-0.1, -0.05) is 25.2 Å². The van der Waals surface area contributed by atoms with Gasteiger partial charge in [0.05, 0.1) is 0 Å². The largest absolute Gasteiger partial charge is 0.340 e. The Morgan fingerprint density at radius 3 is 2.78 bits per heavy atom. The molecule has 0 amide bonds. The van der Waals surface area contributed by atoms with Gasteiger partial charge < -0.3 is 9.47 Å². The summed E-state index contributed by atoms with van der Waals surface area (Å²) in [6, 6.07) is 0. The average molecular weight is 248 g/mol. The Kier molecular flexibility index (Phi) is 2.72. The molecular formula is C15H20O3. The fourth-order valence-electron chi connectivity index (χ4n) is 3.35. The van der Waals surface area contributed by atoms with Crippen molar-refractivity contribution in [2.75, 3.05) is 0 Å². The van der Waals surface area contributed by atoms with E-state index in [0.717, 1.165) is 6.42 Å². The molecule has 4 atom stereocenters. The molecule has 3 nitrogen and oxygen atoms in total. The number of allylic oxidation sites excluding steroid dienone is 2. The second kappa shape index (κ2) is 4.04. The molecule has 98 valence electrons. The number of fused-ring (bicyclic) bond motifs is 1. The van der Waals surface area contributed by atoms with E-state index in [9.17, 15) is 4.79 Å². The van der Waals surface area contributed by atoms with Crippen LogP contribution in [0.2, 0.25) is 0 Å². The van der Waals surface area contributed by atoms with Crippen LogP contribution in [0.15, 0.2) is 23.8 Å². The van der Waals surface area contributed by atoms with Gasteiger partial charge in [0.15, 0.2) is 5.79 Å². The number of carbonyl (C=O) groups excluding carboxylic acids is 1. The molecule has 18 heavy (non-hydrogen) atoms. The summed E-state index contributed by atoms with van der Waals surface area (Å²) in [5, 5.41) is 0. The predicted molar refractivity (Wildman–Crippen MR) is 67.9 cm³/mol. The van der Waals surface area contributed by atoms with Crippen molar-refractivity contribution in [1.82, 2.24) is 0 Å². The van der Waals surface area contributed by atoms with Crippen LogP contribution >= 0.6 is 0 Å². The second-order valence-corrected chi connectivity index (χ2v) is 5.97. The summed E-state index contributed by atoms with van der Waals surface area (Å²) < 4.78 is 11.9. The average Bonchev–Trinajstić information content (AvgIpc) is 2.78. The van der Waals surface area contributed by atoms with Crippen molar-refractivity contribution in [1.29, 1.82) is 0 Å². The van der Waals surface area contributed by atoms with Crippen LogP contribution in [0, 0.1) is 11.8 Å². The van der Waals surface area contributed by atoms with Crippen LogP contribution in [-0.2, 0) is 14.3 Å². The number of hydrogen-bond donors (Lipinski definition) is 0. The number of ether oxygens (including phenoxy) is 2. The summed E-state index contributed by atoms with van der Waals surface area (Å²) in [6.07, 6.45) is 7.85. The zero-order valence-corrected chi connectivity index (χ0v) is 11.2. The van der Waals surface area contributed by atoms with E-state index in [4.69, 9.17) is 9.47 Å². The van der Waals surface area contributed by atoms with Gasteiger partial charge in [0, 0.05) is 12.3 Å². The van der Waals surface area contributed by atoms with E-state index in [2.05, 4.69) is 6.08 Å². The lowest BCUT2D eigenvalue weighted by molar-refractivity contribution is -0.140. The quantitative estimate of drug-likeness (QED) is 0.715. The first-order valence-corrected chi connectivity index (χ1v) is 6.74. The molecule has 3 aliphatic rings. The van der Waals surface area contributed by atoms with Crippen LogP contribution in [0.3, 0.4) is 0 Å². The van der Waals surface area contributed by atoms with Gasteiger partial charge in [-0.15, -0.1) is 0 Å². The number of hydrogen-bond acceptors (Lipinski definition) is 3. The molecule has 3 heteroatoms. The first-order chi connectivity index (χ1) is 8.48. The van der Waals surface area contributed by atoms with Crippen molar-refractivity contribution >= 4 is 5.78 Å². The molecule has 0 bridgehead atoms. The smallest absolute Gasteiger partial charge is 0.164 e. The standard InChI is InChI=1S/C15H20O3/c1-9-10(7-8-12(9)16)11-5-4-6-13-14(11)18-15(2,3)17-13/h4-6,9-10,13-14H,7-8H2,1-3H3/t9?,10?,13-,14+/m0/s1. The predicted octanol–water partition coefficient (Wildman–Crippen LogP) is 2.62. The van der Waals surface area contributed by atoms with Gasteiger partial charge in [0.1, 0.15) is 18.0 Å². The second-order valence-electron chi connectivity index (χ2n) is 5.97. The third-order valence-electron chi connectivity index (χ3n) is 4.29. The SMILES string of the molecule is CC1C(=O)CCC1C1=CC=C[C@@H]2OC(C)(C)O[C@H]12. The maximum absolute atomic E-state index is 11.7. The number of ketones is 1. The van der Waals surface area contributed by atoms with E-state index in [1.165, 1.54) is 5.57 Å². The fraction of sp³-hybridized carbons (Fsp3) is 0.667. The van der Waals surface area contributed by atoms with E-state index in [-0.39, 0.29) is 18.1 Å². The summed E-state index contributed by atoms with van der Waals surface area (Å²) in [5.41, 5.74) is 1.24. The van der Waals surface area contributed by atoms with Crippen LogP contribution in [0.5, 0.6) is 0 Å². The van der Waals surface area contributed by atoms with Gasteiger partial charge in [0.2, 0.25) is 0 Å². The minimum atomic E-state index is -0.533. The van der Waals surface area contributed by atoms with Crippen molar-refractivity contribution in [2.24, 2.45) is 11.8 Å². The molecular weight excluding hydrogens is 228 g/mol. The summed E-state index contributed by atoms with van der Waals surface area (Å²) in [6.45, 7) is 5.93. The van der Waals surface area contributed by atoms with E-state index in [0.29, 0.717) is 18.1 Å². The lowest BCUT2D eigenvalue weighted by Gasteiger charge is -2.27. The highest BCUT2D eigenvalue weighted by Gasteiger charge is 2.46. The fourth-order valence-corrected chi connectivity index (χ4v) is 3.35. The maximum atomic E-state index is 11.7. The molecule has 1 aliphatic heterocycles. The Morgan fingerprint density at radius 1 is 1.33 bits per heavy atom. The van der Waals surface area contributed by atoms with Gasteiger partial charge in [-0.25, -0.2) is 0 Å². The van der Waals surface area contributed by atoms with Crippen LogP contribution in [0.4, 0.5) is 0 Å². The zero-order chi connectivity index (χ0) is 12.9. The Balaban J connectivity index is 1.87. The van der Waals surface area contributed by atoms with E-state index < -0.39 is 5.79 Å². The first kappa shape index (κ1) is 12.1. The summed E-state index contributed by atoms with van der Waals surface area (Å²) >= 11 is 0. The van der Waals surface area contributed by atoms with E-state index in [1.54, 1.807) is 0 Å². The molecule has 2 fully saturated rings. The highest BCUT2D eigenvalue weighted by atomic mass is 16.7. The molecule has 2 aliphatic carbocycles. The zero-order valence-electron chi connectivity index (χ0n) is 11.2. The Bertz CT molecular complexity index is 433. The monoisotopic (exact) mass is 248 g/mol. The van der Waals surface area contributed by atoms with Crippen molar-refractivity contribution < 1.29 is 14.3 Å². The molecule has 1 saturated carbocycles. The highest BCUT2D eigenvalue weighted by molar-refractivity contribution is 5.83. The number of Topliss-reactive ketones (excluding diaryl/α,β-unsaturated/α-hetero) is 1. The normalized spacial score (nSPS) is 41.9. The van der Waals surface area contributed by atoms with Crippen molar-refractivity contribution in [3.8, 4) is 0 Å².